The minimum Gasteiger partial charge on any atom is -0.352 e. The predicted molar refractivity (Wildman–Crippen MR) is 115 cm³/mol. The van der Waals surface area contributed by atoms with Gasteiger partial charge in [0.1, 0.15) is 5.82 Å². The summed E-state index contributed by atoms with van der Waals surface area (Å²) in [5.41, 5.74) is 1.08. The van der Waals surface area contributed by atoms with Crippen LogP contribution in [0.25, 0.3) is 0 Å². The Balaban J connectivity index is 1.52. The molecule has 2 aromatic carbocycles. The molecule has 1 saturated carbocycles. The number of halogens is 1. The van der Waals surface area contributed by atoms with Crippen LogP contribution >= 0.6 is 0 Å². The van der Waals surface area contributed by atoms with Crippen molar-refractivity contribution in [3.05, 3.63) is 65.5 Å². The van der Waals surface area contributed by atoms with Gasteiger partial charge in [-0.05, 0) is 61.1 Å². The number of hydrogen-bond donors (Lipinski definition) is 2. The van der Waals surface area contributed by atoms with Gasteiger partial charge in [-0.2, -0.15) is 0 Å². The molecule has 1 fully saturated rings. The first kappa shape index (κ1) is 22.9. The monoisotopic (exact) mass is 447 g/mol. The van der Waals surface area contributed by atoms with E-state index in [2.05, 4.69) is 10.6 Å². The molecule has 2 atom stereocenters. The summed E-state index contributed by atoms with van der Waals surface area (Å²) >= 11 is 0. The number of benzene rings is 2. The topological polar surface area (TPSA) is 95.6 Å². The van der Waals surface area contributed by atoms with Gasteiger partial charge >= 0.3 is 0 Å². The molecule has 0 aliphatic heterocycles. The number of carbonyl (C=O) groups is 2. The Morgan fingerprint density at radius 2 is 1.84 bits per heavy atom. The van der Waals surface area contributed by atoms with Gasteiger partial charge in [0.2, 0.25) is 15.9 Å². The molecule has 7 nitrogen and oxygen atoms in total. The lowest BCUT2D eigenvalue weighted by atomic mass is 9.97. The fourth-order valence-electron chi connectivity index (χ4n) is 3.73. The van der Waals surface area contributed by atoms with Gasteiger partial charge in [-0.15, -0.1) is 0 Å². The first-order chi connectivity index (χ1) is 14.7. The smallest absolute Gasteiger partial charge is 0.251 e. The zero-order chi connectivity index (χ0) is 22.6. The highest BCUT2D eigenvalue weighted by Gasteiger charge is 2.27. The van der Waals surface area contributed by atoms with Gasteiger partial charge in [-0.1, -0.05) is 18.2 Å². The molecule has 166 valence electrons. The van der Waals surface area contributed by atoms with Crippen LogP contribution in [0.4, 0.5) is 4.39 Å². The Labute approximate surface area is 181 Å². The number of sulfonamides is 1. The third kappa shape index (κ3) is 5.68. The van der Waals surface area contributed by atoms with Gasteiger partial charge in [0.25, 0.3) is 5.91 Å². The standard InChI is InChI=1S/C22H26FN3O4S/c1-26(2)31(29,30)20-8-4-6-17(13-20)22(28)24-14-21(27)25-19-10-9-16(12-19)15-5-3-7-18(23)11-15/h3-8,11,13,16,19H,9-10,12,14H2,1-2H3,(H,24,28)(H,25,27). The molecule has 2 N–H and O–H groups in total. The van der Waals surface area contributed by atoms with Crippen LogP contribution in [0.1, 0.15) is 41.1 Å². The lowest BCUT2D eigenvalue weighted by Gasteiger charge is -2.15. The summed E-state index contributed by atoms with van der Waals surface area (Å²) in [6, 6.07) is 12.1. The van der Waals surface area contributed by atoms with Gasteiger partial charge in [-0.25, -0.2) is 17.1 Å². The molecule has 0 saturated heterocycles. The third-order valence-electron chi connectivity index (χ3n) is 5.40. The molecule has 2 aromatic rings. The zero-order valence-corrected chi connectivity index (χ0v) is 18.3. The van der Waals surface area contributed by atoms with Crippen LogP contribution in [-0.2, 0) is 14.8 Å². The van der Waals surface area contributed by atoms with Crippen molar-refractivity contribution in [3.8, 4) is 0 Å². The summed E-state index contributed by atoms with van der Waals surface area (Å²) in [4.78, 5) is 24.6. The van der Waals surface area contributed by atoms with Gasteiger partial charge in [0.15, 0.2) is 0 Å². The maximum Gasteiger partial charge on any atom is 0.251 e. The number of hydrogen-bond acceptors (Lipinski definition) is 4. The maximum atomic E-state index is 13.4. The van der Waals surface area contributed by atoms with E-state index in [0.29, 0.717) is 6.42 Å². The van der Waals surface area contributed by atoms with Crippen LogP contribution in [-0.4, -0.2) is 51.2 Å². The van der Waals surface area contributed by atoms with E-state index in [-0.39, 0.29) is 40.7 Å². The van der Waals surface area contributed by atoms with E-state index in [1.54, 1.807) is 6.07 Å². The van der Waals surface area contributed by atoms with E-state index in [4.69, 9.17) is 0 Å². The molecule has 2 amide bonds. The fraction of sp³-hybridized carbons (Fsp3) is 0.364. The van der Waals surface area contributed by atoms with Crippen LogP contribution in [0.3, 0.4) is 0 Å². The zero-order valence-electron chi connectivity index (χ0n) is 17.5. The molecule has 0 radical (unpaired) electrons. The van der Waals surface area contributed by atoms with Crippen molar-refractivity contribution in [2.75, 3.05) is 20.6 Å². The number of nitrogens with one attached hydrogen (secondary N) is 2. The molecular formula is C22H26FN3O4S. The van der Waals surface area contributed by atoms with Crippen LogP contribution in [0.2, 0.25) is 0 Å². The molecule has 9 heteroatoms. The molecule has 31 heavy (non-hydrogen) atoms. The number of rotatable bonds is 7. The van der Waals surface area contributed by atoms with Crippen molar-refractivity contribution in [1.82, 2.24) is 14.9 Å². The Hall–Kier alpha value is -2.78. The van der Waals surface area contributed by atoms with Crippen molar-refractivity contribution >= 4 is 21.8 Å². The SMILES string of the molecule is CN(C)S(=O)(=O)c1cccc(C(=O)NCC(=O)NC2CCC(c3cccc(F)c3)C2)c1. The first-order valence-corrected chi connectivity index (χ1v) is 11.5. The summed E-state index contributed by atoms with van der Waals surface area (Å²) < 4.78 is 38.9. The number of carbonyl (C=O) groups excluding carboxylic acids is 2. The van der Waals surface area contributed by atoms with E-state index in [0.717, 1.165) is 22.7 Å². The normalized spacial score (nSPS) is 18.7. The van der Waals surface area contributed by atoms with Crippen molar-refractivity contribution in [2.24, 2.45) is 0 Å². The van der Waals surface area contributed by atoms with Crippen LogP contribution in [0.15, 0.2) is 53.4 Å². The summed E-state index contributed by atoms with van der Waals surface area (Å²) in [7, 11) is -0.838. The molecule has 0 aromatic heterocycles. The Kier molecular flexibility index (Phi) is 7.07. The minimum atomic E-state index is -3.66. The minimum absolute atomic E-state index is 0.00366. The van der Waals surface area contributed by atoms with Gasteiger partial charge in [0, 0.05) is 25.7 Å². The highest BCUT2D eigenvalue weighted by Crippen LogP contribution is 2.34. The number of nitrogens with zero attached hydrogens (tertiary/aromatic N) is 1. The molecular weight excluding hydrogens is 421 g/mol. The molecule has 0 heterocycles. The predicted octanol–water partition coefficient (Wildman–Crippen LogP) is 2.26. The lowest BCUT2D eigenvalue weighted by molar-refractivity contribution is -0.120. The molecule has 0 bridgehead atoms. The Morgan fingerprint density at radius 1 is 1.10 bits per heavy atom. The van der Waals surface area contributed by atoms with E-state index >= 15 is 0 Å². The van der Waals surface area contributed by atoms with Crippen molar-refractivity contribution in [2.45, 2.75) is 36.1 Å². The highest BCUT2D eigenvalue weighted by molar-refractivity contribution is 7.89. The fourth-order valence-corrected chi connectivity index (χ4v) is 4.67. The van der Waals surface area contributed by atoms with Crippen LogP contribution < -0.4 is 10.6 Å². The van der Waals surface area contributed by atoms with E-state index in [1.807, 2.05) is 6.07 Å². The molecule has 2 unspecified atom stereocenters. The van der Waals surface area contributed by atoms with Crippen LogP contribution in [0, 0.1) is 5.82 Å². The second kappa shape index (κ2) is 9.57. The van der Waals surface area contributed by atoms with E-state index in [9.17, 15) is 22.4 Å². The molecule has 0 spiro atoms. The lowest BCUT2D eigenvalue weighted by Crippen LogP contribution is -2.41. The Bertz CT molecular complexity index is 1070. The van der Waals surface area contributed by atoms with Crippen LogP contribution in [0.5, 0.6) is 0 Å². The average molecular weight is 448 g/mol. The van der Waals surface area contributed by atoms with E-state index < -0.39 is 15.9 Å². The summed E-state index contributed by atoms with van der Waals surface area (Å²) in [5, 5.41) is 5.42. The van der Waals surface area contributed by atoms with E-state index in [1.165, 1.54) is 50.5 Å². The van der Waals surface area contributed by atoms with Crippen molar-refractivity contribution in [1.29, 1.82) is 0 Å². The average Bonchev–Trinajstić information content (AvgIpc) is 3.20. The number of amides is 2. The molecule has 1 aliphatic rings. The highest BCUT2D eigenvalue weighted by atomic mass is 32.2. The maximum absolute atomic E-state index is 13.4. The molecule has 3 rings (SSSR count). The molecule has 1 aliphatic carbocycles. The largest absolute Gasteiger partial charge is 0.352 e. The van der Waals surface area contributed by atoms with Gasteiger partial charge in [-0.3, -0.25) is 9.59 Å². The van der Waals surface area contributed by atoms with Gasteiger partial charge in [0.05, 0.1) is 11.4 Å². The van der Waals surface area contributed by atoms with Crippen molar-refractivity contribution in [3.63, 3.8) is 0 Å². The quantitative estimate of drug-likeness (QED) is 0.681. The second-order valence-electron chi connectivity index (χ2n) is 7.83. The second-order valence-corrected chi connectivity index (χ2v) is 9.98. The Morgan fingerprint density at radius 3 is 2.55 bits per heavy atom. The first-order valence-electron chi connectivity index (χ1n) is 10.0. The third-order valence-corrected chi connectivity index (χ3v) is 7.21. The van der Waals surface area contributed by atoms with Crippen molar-refractivity contribution < 1.29 is 22.4 Å². The summed E-state index contributed by atoms with van der Waals surface area (Å²) in [5.74, 6) is -0.933. The summed E-state index contributed by atoms with van der Waals surface area (Å²) in [6.07, 6.45) is 2.35. The van der Waals surface area contributed by atoms with Gasteiger partial charge < -0.3 is 10.6 Å². The summed E-state index contributed by atoms with van der Waals surface area (Å²) in [6.45, 7) is -0.218.